The maximum atomic E-state index is 12.7. The molecule has 1 aliphatic heterocycles. The number of rotatable bonds is 6. The van der Waals surface area contributed by atoms with E-state index in [2.05, 4.69) is 12.2 Å². The molecule has 1 atom stereocenters. The maximum Gasteiger partial charge on any atom is 0.251 e. The molecule has 7 heteroatoms. The Kier molecular flexibility index (Phi) is 6.37. The third-order valence-electron chi connectivity index (χ3n) is 4.22. The van der Waals surface area contributed by atoms with Gasteiger partial charge in [-0.15, -0.1) is 0 Å². The van der Waals surface area contributed by atoms with Crippen molar-refractivity contribution in [3.63, 3.8) is 0 Å². The molecule has 0 bridgehead atoms. The summed E-state index contributed by atoms with van der Waals surface area (Å²) in [6.07, 6.45) is 1.96. The van der Waals surface area contributed by atoms with E-state index in [9.17, 15) is 13.2 Å². The Morgan fingerprint density at radius 2 is 1.96 bits per heavy atom. The van der Waals surface area contributed by atoms with E-state index < -0.39 is 10.0 Å². The molecular weight excluding hydrogens is 326 g/mol. The molecule has 2 rings (SSSR count). The van der Waals surface area contributed by atoms with Gasteiger partial charge in [0.25, 0.3) is 5.91 Å². The molecule has 0 spiro atoms. The number of piperidine rings is 1. The van der Waals surface area contributed by atoms with Crippen LogP contribution in [0.3, 0.4) is 0 Å². The van der Waals surface area contributed by atoms with Crippen LogP contribution in [0.2, 0.25) is 0 Å². The fourth-order valence-corrected chi connectivity index (χ4v) is 4.39. The Morgan fingerprint density at radius 1 is 1.29 bits per heavy atom. The maximum absolute atomic E-state index is 12.7. The first kappa shape index (κ1) is 18.9. The van der Waals surface area contributed by atoms with E-state index in [0.717, 1.165) is 19.4 Å². The van der Waals surface area contributed by atoms with Crippen molar-refractivity contribution >= 4 is 15.9 Å². The van der Waals surface area contributed by atoms with Crippen LogP contribution in [0.25, 0.3) is 0 Å². The van der Waals surface area contributed by atoms with E-state index in [0.29, 0.717) is 31.1 Å². The number of sulfonamides is 1. The zero-order valence-electron chi connectivity index (χ0n) is 14.7. The molecule has 134 valence electrons. The van der Waals surface area contributed by atoms with Crippen molar-refractivity contribution in [2.45, 2.75) is 24.7 Å². The molecule has 1 heterocycles. The van der Waals surface area contributed by atoms with Gasteiger partial charge in [-0.25, -0.2) is 8.42 Å². The van der Waals surface area contributed by atoms with E-state index >= 15 is 0 Å². The molecule has 1 aromatic carbocycles. The van der Waals surface area contributed by atoms with Crippen LogP contribution in [0.1, 0.15) is 30.1 Å². The van der Waals surface area contributed by atoms with Gasteiger partial charge in [0.1, 0.15) is 0 Å². The molecule has 1 aliphatic rings. The normalized spacial score (nSPS) is 19.4. The van der Waals surface area contributed by atoms with Gasteiger partial charge in [0.2, 0.25) is 10.0 Å². The minimum atomic E-state index is -3.47. The van der Waals surface area contributed by atoms with Gasteiger partial charge in [0.05, 0.1) is 4.90 Å². The minimum Gasteiger partial charge on any atom is -0.351 e. The summed E-state index contributed by atoms with van der Waals surface area (Å²) in [5.74, 6) is 0.197. The first-order valence-electron chi connectivity index (χ1n) is 8.34. The number of hydrogen-bond acceptors (Lipinski definition) is 4. The van der Waals surface area contributed by atoms with E-state index in [-0.39, 0.29) is 10.8 Å². The van der Waals surface area contributed by atoms with Crippen LogP contribution in [0.4, 0.5) is 0 Å². The van der Waals surface area contributed by atoms with Crippen LogP contribution >= 0.6 is 0 Å². The number of benzene rings is 1. The van der Waals surface area contributed by atoms with Crippen molar-refractivity contribution in [3.05, 3.63) is 29.8 Å². The standard InChI is InChI=1S/C17H27N3O3S/c1-14-5-4-11-20(13-14)24(22,23)16-8-6-15(7-9-16)17(21)18-10-12-19(2)3/h6-9,14H,4-5,10-13H2,1-3H3,(H,18,21). The van der Waals surface area contributed by atoms with Gasteiger partial charge in [-0.3, -0.25) is 4.79 Å². The van der Waals surface area contributed by atoms with Crippen molar-refractivity contribution in [1.29, 1.82) is 0 Å². The summed E-state index contributed by atoms with van der Waals surface area (Å²) in [5.41, 5.74) is 0.472. The smallest absolute Gasteiger partial charge is 0.251 e. The van der Waals surface area contributed by atoms with Crippen LogP contribution in [0.15, 0.2) is 29.2 Å². The van der Waals surface area contributed by atoms with Crippen LogP contribution in [-0.2, 0) is 10.0 Å². The lowest BCUT2D eigenvalue weighted by molar-refractivity contribution is 0.0951. The predicted molar refractivity (Wildman–Crippen MR) is 94.5 cm³/mol. The van der Waals surface area contributed by atoms with Crippen LogP contribution in [-0.4, -0.2) is 63.8 Å². The number of nitrogens with one attached hydrogen (secondary N) is 1. The lowest BCUT2D eigenvalue weighted by Gasteiger charge is -2.30. The number of likely N-dealkylation sites (N-methyl/N-ethyl adjacent to an activating group) is 1. The molecule has 0 aromatic heterocycles. The highest BCUT2D eigenvalue weighted by Crippen LogP contribution is 2.23. The first-order valence-corrected chi connectivity index (χ1v) is 9.78. The molecule has 0 saturated carbocycles. The molecule has 1 fully saturated rings. The Labute approximate surface area is 144 Å². The lowest BCUT2D eigenvalue weighted by atomic mass is 10.0. The number of carbonyl (C=O) groups excluding carboxylic acids is 1. The van der Waals surface area contributed by atoms with Crippen molar-refractivity contribution in [1.82, 2.24) is 14.5 Å². The highest BCUT2D eigenvalue weighted by molar-refractivity contribution is 7.89. The van der Waals surface area contributed by atoms with Crippen molar-refractivity contribution < 1.29 is 13.2 Å². The minimum absolute atomic E-state index is 0.188. The van der Waals surface area contributed by atoms with Gasteiger partial charge in [-0.1, -0.05) is 6.92 Å². The lowest BCUT2D eigenvalue weighted by Crippen LogP contribution is -2.39. The van der Waals surface area contributed by atoms with Crippen molar-refractivity contribution in [2.75, 3.05) is 40.3 Å². The molecular formula is C17H27N3O3S. The van der Waals surface area contributed by atoms with Gasteiger partial charge in [-0.2, -0.15) is 4.31 Å². The molecule has 0 radical (unpaired) electrons. The zero-order valence-corrected chi connectivity index (χ0v) is 15.5. The van der Waals surface area contributed by atoms with Gasteiger partial charge in [0, 0.05) is 31.7 Å². The van der Waals surface area contributed by atoms with E-state index in [1.165, 1.54) is 12.1 Å². The molecule has 0 aliphatic carbocycles. The monoisotopic (exact) mass is 353 g/mol. The molecule has 1 unspecified atom stereocenters. The zero-order chi connectivity index (χ0) is 17.7. The quantitative estimate of drug-likeness (QED) is 0.839. The fraction of sp³-hybridized carbons (Fsp3) is 0.588. The summed E-state index contributed by atoms with van der Waals surface area (Å²) in [6.45, 7) is 4.51. The summed E-state index contributed by atoms with van der Waals surface area (Å²) in [6, 6.07) is 6.20. The highest BCUT2D eigenvalue weighted by atomic mass is 32.2. The van der Waals surface area contributed by atoms with Crippen molar-refractivity contribution in [3.8, 4) is 0 Å². The summed E-state index contributed by atoms with van der Waals surface area (Å²) in [7, 11) is 0.405. The first-order chi connectivity index (χ1) is 11.3. The Bertz CT molecular complexity index is 656. The number of hydrogen-bond donors (Lipinski definition) is 1. The molecule has 1 aromatic rings. The Hall–Kier alpha value is -1.44. The van der Waals surface area contributed by atoms with Gasteiger partial charge < -0.3 is 10.2 Å². The van der Waals surface area contributed by atoms with Crippen LogP contribution in [0.5, 0.6) is 0 Å². The second-order valence-corrected chi connectivity index (χ2v) is 8.63. The SMILES string of the molecule is CC1CCCN(S(=O)(=O)c2ccc(C(=O)NCCN(C)C)cc2)C1. The van der Waals surface area contributed by atoms with Gasteiger partial charge in [-0.05, 0) is 57.1 Å². The molecule has 1 saturated heterocycles. The van der Waals surface area contributed by atoms with E-state index in [1.807, 2.05) is 19.0 Å². The molecule has 6 nitrogen and oxygen atoms in total. The molecule has 1 N–H and O–H groups in total. The number of amides is 1. The van der Waals surface area contributed by atoms with Gasteiger partial charge >= 0.3 is 0 Å². The molecule has 1 amide bonds. The van der Waals surface area contributed by atoms with Crippen LogP contribution < -0.4 is 5.32 Å². The predicted octanol–water partition coefficient (Wildman–Crippen LogP) is 1.40. The highest BCUT2D eigenvalue weighted by Gasteiger charge is 2.28. The van der Waals surface area contributed by atoms with E-state index in [4.69, 9.17) is 0 Å². The third kappa shape index (κ3) is 4.78. The summed E-state index contributed by atoms with van der Waals surface area (Å²) < 4.78 is 26.9. The average molecular weight is 353 g/mol. The topological polar surface area (TPSA) is 69.7 Å². The fourth-order valence-electron chi connectivity index (χ4n) is 2.79. The number of nitrogens with zero attached hydrogens (tertiary/aromatic N) is 2. The average Bonchev–Trinajstić information content (AvgIpc) is 2.54. The summed E-state index contributed by atoms with van der Waals surface area (Å²) in [4.78, 5) is 14.3. The largest absolute Gasteiger partial charge is 0.351 e. The van der Waals surface area contributed by atoms with Crippen LogP contribution in [0, 0.1) is 5.92 Å². The Balaban J connectivity index is 2.04. The van der Waals surface area contributed by atoms with Crippen molar-refractivity contribution in [2.24, 2.45) is 5.92 Å². The number of carbonyl (C=O) groups is 1. The second-order valence-electron chi connectivity index (χ2n) is 6.69. The van der Waals surface area contributed by atoms with Gasteiger partial charge in [0.15, 0.2) is 0 Å². The van der Waals surface area contributed by atoms with E-state index in [1.54, 1.807) is 16.4 Å². The third-order valence-corrected chi connectivity index (χ3v) is 6.10. The second kappa shape index (κ2) is 8.09. The molecule has 24 heavy (non-hydrogen) atoms. The summed E-state index contributed by atoms with van der Waals surface area (Å²) in [5, 5.41) is 2.82. The Morgan fingerprint density at radius 3 is 2.54 bits per heavy atom. The summed E-state index contributed by atoms with van der Waals surface area (Å²) >= 11 is 0.